The predicted octanol–water partition coefficient (Wildman–Crippen LogP) is 1.91. The molecule has 1 aromatic heterocycles. The van der Waals surface area contributed by atoms with Crippen LogP contribution in [0.2, 0.25) is 0 Å². The Morgan fingerprint density at radius 3 is 2.92 bits per heavy atom. The molecular formula is C13H19N5O6P+. The third-order valence-electron chi connectivity index (χ3n) is 3.50. The Morgan fingerprint density at radius 1 is 1.56 bits per heavy atom. The summed E-state index contributed by atoms with van der Waals surface area (Å²) in [6, 6.07) is -0.614. The lowest BCUT2D eigenvalue weighted by atomic mass is 10.1. The minimum absolute atomic E-state index is 0.126. The standard InChI is InChI=1S/C13H18N5O6P/c1-7(2)24-25(21)22-6-10-9(16-17-14)4-11(23-10)18-5-8(3)12(19)15-13(18)20/h5,7,9-11H,4,6H2,1-3H3/p+1/t9-,10+,11?/m0/s1. The van der Waals surface area contributed by atoms with E-state index in [2.05, 4.69) is 15.0 Å². The van der Waals surface area contributed by atoms with Crippen LogP contribution >= 0.6 is 8.25 Å². The Bertz CT molecular complexity index is 799. The molecule has 2 rings (SSSR count). The number of azide groups is 1. The van der Waals surface area contributed by atoms with E-state index in [-0.39, 0.29) is 19.1 Å². The van der Waals surface area contributed by atoms with Crippen LogP contribution in [0.3, 0.4) is 0 Å². The number of nitrogens with zero attached hydrogens (tertiary/aromatic N) is 4. The van der Waals surface area contributed by atoms with E-state index in [9.17, 15) is 14.2 Å². The summed E-state index contributed by atoms with van der Waals surface area (Å²) in [6.07, 6.45) is -0.113. The number of H-pyrrole nitrogens is 1. The van der Waals surface area contributed by atoms with Crippen molar-refractivity contribution in [2.75, 3.05) is 6.61 Å². The van der Waals surface area contributed by atoms with E-state index < -0.39 is 37.9 Å². The maximum absolute atomic E-state index is 12.0. The normalized spacial score (nSPS) is 23.5. The van der Waals surface area contributed by atoms with Crippen LogP contribution in [-0.2, 0) is 18.3 Å². The molecule has 1 fully saturated rings. The molecule has 0 aromatic carbocycles. The number of nitrogens with one attached hydrogen (secondary N) is 1. The van der Waals surface area contributed by atoms with E-state index >= 15 is 0 Å². The number of aromatic amines is 1. The molecule has 1 aliphatic heterocycles. The van der Waals surface area contributed by atoms with Crippen molar-refractivity contribution >= 4 is 8.25 Å². The number of hydrogen-bond donors (Lipinski definition) is 1. The van der Waals surface area contributed by atoms with E-state index in [1.54, 1.807) is 20.8 Å². The van der Waals surface area contributed by atoms with Crippen molar-refractivity contribution in [1.29, 1.82) is 0 Å². The van der Waals surface area contributed by atoms with Gasteiger partial charge in [0.25, 0.3) is 5.56 Å². The fourth-order valence-electron chi connectivity index (χ4n) is 2.36. The minimum Gasteiger partial charge on any atom is -0.352 e. The molecule has 0 spiro atoms. The van der Waals surface area contributed by atoms with Crippen molar-refractivity contribution in [3.05, 3.63) is 43.0 Å². The highest BCUT2D eigenvalue weighted by Gasteiger charge is 2.39. The predicted molar refractivity (Wildman–Crippen MR) is 87.3 cm³/mol. The molecular weight excluding hydrogens is 353 g/mol. The molecule has 1 saturated heterocycles. The largest absolute Gasteiger partial charge is 0.697 e. The molecule has 0 aliphatic carbocycles. The molecule has 1 N–H and O–H groups in total. The number of aromatic nitrogens is 2. The SMILES string of the molecule is Cc1cn(C2C[C@H](N=[N+]=[N-])[C@@H](CO[P+](=O)OC(C)C)O2)c(=O)[nH]c1=O. The number of aryl methyl sites for hydroxylation is 1. The van der Waals surface area contributed by atoms with Crippen molar-refractivity contribution in [1.82, 2.24) is 9.55 Å². The van der Waals surface area contributed by atoms with Gasteiger partial charge in [-0.15, -0.1) is 9.05 Å². The van der Waals surface area contributed by atoms with Gasteiger partial charge in [-0.1, -0.05) is 5.11 Å². The van der Waals surface area contributed by atoms with Crippen LogP contribution in [0.25, 0.3) is 10.4 Å². The summed E-state index contributed by atoms with van der Waals surface area (Å²) >= 11 is 0. The Morgan fingerprint density at radius 2 is 2.28 bits per heavy atom. The van der Waals surface area contributed by atoms with Crippen LogP contribution in [0, 0.1) is 6.92 Å². The lowest BCUT2D eigenvalue weighted by molar-refractivity contribution is -0.0241. The van der Waals surface area contributed by atoms with Gasteiger partial charge < -0.3 is 4.74 Å². The molecule has 25 heavy (non-hydrogen) atoms. The van der Waals surface area contributed by atoms with Crippen molar-refractivity contribution in [2.45, 2.75) is 51.7 Å². The Kier molecular flexibility index (Phi) is 6.46. The molecule has 1 aliphatic rings. The molecule has 2 unspecified atom stereocenters. The van der Waals surface area contributed by atoms with Gasteiger partial charge in [0.1, 0.15) is 18.9 Å². The highest BCUT2D eigenvalue weighted by molar-refractivity contribution is 7.33. The van der Waals surface area contributed by atoms with Gasteiger partial charge in [0.05, 0.1) is 12.1 Å². The highest BCUT2D eigenvalue weighted by atomic mass is 31.1. The lowest BCUT2D eigenvalue weighted by Gasteiger charge is -2.14. The van der Waals surface area contributed by atoms with Crippen molar-refractivity contribution < 1.29 is 18.3 Å². The fourth-order valence-corrected chi connectivity index (χ4v) is 3.03. The van der Waals surface area contributed by atoms with Crippen LogP contribution in [0.15, 0.2) is 20.9 Å². The molecule has 0 amide bonds. The first-order chi connectivity index (χ1) is 11.8. The average Bonchev–Trinajstić information content (AvgIpc) is 2.91. The van der Waals surface area contributed by atoms with Crippen LogP contribution in [0.4, 0.5) is 0 Å². The molecule has 4 atom stereocenters. The van der Waals surface area contributed by atoms with Crippen LogP contribution in [0.1, 0.15) is 32.1 Å². The number of hydrogen-bond acceptors (Lipinski definition) is 7. The summed E-state index contributed by atoms with van der Waals surface area (Å²) in [5.74, 6) is 0. The van der Waals surface area contributed by atoms with E-state index in [0.29, 0.717) is 5.56 Å². The third kappa shape index (κ3) is 4.97. The monoisotopic (exact) mass is 372 g/mol. The first kappa shape index (κ1) is 19.3. The van der Waals surface area contributed by atoms with Crippen LogP contribution in [-0.4, -0.2) is 34.4 Å². The van der Waals surface area contributed by atoms with Crippen LogP contribution in [0.5, 0.6) is 0 Å². The maximum atomic E-state index is 12.0. The molecule has 0 saturated carbocycles. The molecule has 136 valence electrons. The van der Waals surface area contributed by atoms with E-state index in [1.807, 2.05) is 0 Å². The first-order valence-electron chi connectivity index (χ1n) is 7.60. The van der Waals surface area contributed by atoms with Crippen molar-refractivity contribution in [2.24, 2.45) is 5.11 Å². The molecule has 1 aromatic rings. The van der Waals surface area contributed by atoms with Gasteiger partial charge in [0.15, 0.2) is 0 Å². The molecule has 0 radical (unpaired) electrons. The van der Waals surface area contributed by atoms with Gasteiger partial charge in [0.2, 0.25) is 0 Å². The average molecular weight is 372 g/mol. The van der Waals surface area contributed by atoms with Gasteiger partial charge in [-0.25, -0.2) is 4.79 Å². The third-order valence-corrected chi connectivity index (χ3v) is 4.45. The van der Waals surface area contributed by atoms with E-state index in [1.165, 1.54) is 10.8 Å². The Hall–Kier alpha value is -2.03. The zero-order valence-electron chi connectivity index (χ0n) is 14.0. The van der Waals surface area contributed by atoms with E-state index in [4.69, 9.17) is 19.3 Å². The summed E-state index contributed by atoms with van der Waals surface area (Å²) in [7, 11) is -2.33. The number of ether oxygens (including phenoxy) is 1. The highest BCUT2D eigenvalue weighted by Crippen LogP contribution is 2.33. The lowest BCUT2D eigenvalue weighted by Crippen LogP contribution is -2.33. The van der Waals surface area contributed by atoms with Gasteiger partial charge in [-0.05, 0) is 26.3 Å². The summed E-state index contributed by atoms with van der Waals surface area (Å²) in [6.45, 7) is 4.86. The summed E-state index contributed by atoms with van der Waals surface area (Å²) in [5.41, 5.74) is 7.93. The van der Waals surface area contributed by atoms with Gasteiger partial charge in [-0.3, -0.25) is 14.3 Å². The summed E-state index contributed by atoms with van der Waals surface area (Å²) < 4.78 is 28.6. The van der Waals surface area contributed by atoms with Gasteiger partial charge in [-0.2, -0.15) is 0 Å². The molecule has 0 bridgehead atoms. The zero-order chi connectivity index (χ0) is 18.6. The minimum atomic E-state index is -2.33. The Labute approximate surface area is 143 Å². The van der Waals surface area contributed by atoms with Gasteiger partial charge in [0, 0.05) is 27.7 Å². The van der Waals surface area contributed by atoms with Crippen LogP contribution < -0.4 is 11.2 Å². The fraction of sp³-hybridized carbons (Fsp3) is 0.692. The quantitative estimate of drug-likeness (QED) is 0.334. The molecule has 11 nitrogen and oxygen atoms in total. The number of rotatable bonds is 7. The second-order valence-electron chi connectivity index (χ2n) is 5.79. The Balaban J connectivity index is 2.13. The first-order valence-corrected chi connectivity index (χ1v) is 8.70. The second-order valence-corrected chi connectivity index (χ2v) is 6.71. The molecule has 2 heterocycles. The van der Waals surface area contributed by atoms with Crippen molar-refractivity contribution in [3.63, 3.8) is 0 Å². The van der Waals surface area contributed by atoms with E-state index in [0.717, 1.165) is 0 Å². The second kappa shape index (κ2) is 8.37. The molecule has 12 heteroatoms. The smallest absolute Gasteiger partial charge is 0.352 e. The summed E-state index contributed by atoms with van der Waals surface area (Å²) in [5, 5.41) is 3.64. The zero-order valence-corrected chi connectivity index (χ0v) is 14.9. The van der Waals surface area contributed by atoms with Gasteiger partial charge >= 0.3 is 13.9 Å². The maximum Gasteiger partial charge on any atom is 0.697 e. The van der Waals surface area contributed by atoms with Crippen molar-refractivity contribution in [3.8, 4) is 0 Å². The topological polar surface area (TPSA) is 148 Å². The summed E-state index contributed by atoms with van der Waals surface area (Å²) in [4.78, 5) is 28.4.